The van der Waals surface area contributed by atoms with E-state index in [1.165, 1.54) is 0 Å². The fourth-order valence-corrected chi connectivity index (χ4v) is 3.11. The molecular weight excluding hydrogens is 471 g/mol. The van der Waals surface area contributed by atoms with Crippen LogP contribution in [0, 0.1) is 0 Å². The highest BCUT2D eigenvalue weighted by atomic mass is 127. The lowest BCUT2D eigenvalue weighted by Crippen LogP contribution is -2.49. The predicted molar refractivity (Wildman–Crippen MR) is 122 cm³/mol. The summed E-state index contributed by atoms with van der Waals surface area (Å²) in [7, 11) is 1.70. The normalized spacial score (nSPS) is 15.0. The standard InChI is InChI=1S/C20H32N4O3.HI/c1-4-21-19(22-14-16-8-6-7-9-17(16)15-26-3)23-18-10-12-24(13-11-18)20(25)27-5-2;/h6-9,18H,4-5,10-15H2,1-3H3,(H2,21,22,23);1H. The highest BCUT2D eigenvalue weighted by Crippen LogP contribution is 2.13. The quantitative estimate of drug-likeness (QED) is 0.339. The first kappa shape index (κ1) is 24.5. The molecule has 1 amide bonds. The van der Waals surface area contributed by atoms with Gasteiger partial charge < -0.3 is 25.0 Å². The fraction of sp³-hybridized carbons (Fsp3) is 0.600. The molecule has 2 rings (SSSR count). The molecule has 28 heavy (non-hydrogen) atoms. The molecule has 0 unspecified atom stereocenters. The molecule has 1 aliphatic rings. The van der Waals surface area contributed by atoms with Crippen LogP contribution in [0.15, 0.2) is 29.3 Å². The van der Waals surface area contributed by atoms with Crippen molar-refractivity contribution in [1.29, 1.82) is 0 Å². The molecule has 1 aliphatic heterocycles. The number of carbonyl (C=O) groups excluding carboxylic acids is 1. The molecule has 1 aromatic carbocycles. The van der Waals surface area contributed by atoms with Gasteiger partial charge in [0.05, 0.1) is 19.8 Å². The summed E-state index contributed by atoms with van der Waals surface area (Å²) in [5, 5.41) is 6.81. The van der Waals surface area contributed by atoms with Gasteiger partial charge in [0.15, 0.2) is 5.96 Å². The van der Waals surface area contributed by atoms with E-state index >= 15 is 0 Å². The van der Waals surface area contributed by atoms with E-state index in [0.717, 1.165) is 36.5 Å². The molecule has 158 valence electrons. The van der Waals surface area contributed by atoms with Crippen molar-refractivity contribution in [1.82, 2.24) is 15.5 Å². The van der Waals surface area contributed by atoms with Crippen LogP contribution in [-0.4, -0.2) is 56.3 Å². The minimum absolute atomic E-state index is 0. The molecule has 0 bridgehead atoms. The first-order valence-corrected chi connectivity index (χ1v) is 9.70. The van der Waals surface area contributed by atoms with Crippen molar-refractivity contribution in [3.8, 4) is 0 Å². The number of rotatable bonds is 7. The van der Waals surface area contributed by atoms with Gasteiger partial charge in [0.25, 0.3) is 0 Å². The van der Waals surface area contributed by atoms with E-state index in [-0.39, 0.29) is 30.1 Å². The summed E-state index contributed by atoms with van der Waals surface area (Å²) < 4.78 is 10.3. The van der Waals surface area contributed by atoms with Gasteiger partial charge in [0.2, 0.25) is 0 Å². The minimum Gasteiger partial charge on any atom is -0.450 e. The summed E-state index contributed by atoms with van der Waals surface area (Å²) in [5.41, 5.74) is 2.32. The number of benzene rings is 1. The van der Waals surface area contributed by atoms with E-state index in [4.69, 9.17) is 14.5 Å². The number of nitrogens with one attached hydrogen (secondary N) is 2. The SMILES string of the molecule is CCNC(=NCc1ccccc1COC)NC1CCN(C(=O)OCC)CC1.I. The van der Waals surface area contributed by atoms with Gasteiger partial charge in [-0.25, -0.2) is 9.79 Å². The Morgan fingerprint density at radius 3 is 2.50 bits per heavy atom. The van der Waals surface area contributed by atoms with Gasteiger partial charge in [-0.1, -0.05) is 24.3 Å². The zero-order chi connectivity index (χ0) is 19.5. The Morgan fingerprint density at radius 2 is 1.89 bits per heavy atom. The molecule has 1 fully saturated rings. The van der Waals surface area contributed by atoms with Crippen molar-refractivity contribution in [2.45, 2.75) is 45.9 Å². The Bertz CT molecular complexity index is 619. The number of aliphatic imine (C=N–C) groups is 1. The minimum atomic E-state index is -0.216. The number of hydrogen-bond acceptors (Lipinski definition) is 4. The lowest BCUT2D eigenvalue weighted by Gasteiger charge is -2.32. The molecule has 0 aromatic heterocycles. The van der Waals surface area contributed by atoms with Crippen molar-refractivity contribution in [2.24, 2.45) is 4.99 Å². The molecule has 0 atom stereocenters. The number of hydrogen-bond donors (Lipinski definition) is 2. The average molecular weight is 504 g/mol. The number of likely N-dealkylation sites (tertiary alicyclic amines) is 1. The van der Waals surface area contributed by atoms with Crippen LogP contribution in [0.3, 0.4) is 0 Å². The van der Waals surface area contributed by atoms with Crippen LogP contribution in [0.5, 0.6) is 0 Å². The van der Waals surface area contributed by atoms with Crippen LogP contribution < -0.4 is 10.6 Å². The summed E-state index contributed by atoms with van der Waals surface area (Å²) in [6.07, 6.45) is 1.54. The molecule has 2 N–H and O–H groups in total. The summed E-state index contributed by atoms with van der Waals surface area (Å²) >= 11 is 0. The second-order valence-electron chi connectivity index (χ2n) is 6.50. The predicted octanol–water partition coefficient (Wildman–Crippen LogP) is 3.13. The number of nitrogens with zero attached hydrogens (tertiary/aromatic N) is 2. The van der Waals surface area contributed by atoms with E-state index in [2.05, 4.69) is 29.7 Å². The number of amides is 1. The van der Waals surface area contributed by atoms with Gasteiger partial charge in [-0.3, -0.25) is 0 Å². The first-order chi connectivity index (χ1) is 13.2. The molecule has 0 spiro atoms. The maximum Gasteiger partial charge on any atom is 0.409 e. The fourth-order valence-electron chi connectivity index (χ4n) is 3.11. The topological polar surface area (TPSA) is 75.2 Å². The molecule has 0 radical (unpaired) electrons. The van der Waals surface area contributed by atoms with Gasteiger partial charge in [0, 0.05) is 32.8 Å². The number of ether oxygens (including phenoxy) is 2. The third-order valence-electron chi connectivity index (χ3n) is 4.53. The van der Waals surface area contributed by atoms with Gasteiger partial charge in [-0.05, 0) is 37.8 Å². The molecule has 7 nitrogen and oxygen atoms in total. The third-order valence-corrected chi connectivity index (χ3v) is 4.53. The van der Waals surface area contributed by atoms with Gasteiger partial charge in [-0.2, -0.15) is 0 Å². The summed E-state index contributed by atoms with van der Waals surface area (Å²) in [6.45, 7) is 7.68. The Balaban J connectivity index is 0.00000392. The van der Waals surface area contributed by atoms with Crippen LogP contribution >= 0.6 is 24.0 Å². The Labute approximate surface area is 185 Å². The summed E-state index contributed by atoms with van der Waals surface area (Å²) in [4.78, 5) is 18.3. The molecule has 1 aromatic rings. The number of carbonyl (C=O) groups is 1. The number of piperidine rings is 1. The van der Waals surface area contributed by atoms with E-state index in [1.54, 1.807) is 12.0 Å². The number of guanidine groups is 1. The van der Waals surface area contributed by atoms with E-state index in [9.17, 15) is 4.79 Å². The van der Waals surface area contributed by atoms with E-state index < -0.39 is 0 Å². The second-order valence-corrected chi connectivity index (χ2v) is 6.50. The van der Waals surface area contributed by atoms with Crippen molar-refractivity contribution in [3.05, 3.63) is 35.4 Å². The van der Waals surface area contributed by atoms with Gasteiger partial charge in [-0.15, -0.1) is 24.0 Å². The Morgan fingerprint density at radius 1 is 1.21 bits per heavy atom. The second kappa shape index (κ2) is 13.6. The molecule has 0 saturated carbocycles. The maximum atomic E-state index is 11.8. The Kier molecular flexibility index (Phi) is 11.9. The maximum absolute atomic E-state index is 11.8. The van der Waals surface area contributed by atoms with Gasteiger partial charge >= 0.3 is 6.09 Å². The van der Waals surface area contributed by atoms with Crippen LogP contribution in [-0.2, 0) is 22.6 Å². The third kappa shape index (κ3) is 7.83. The molecule has 8 heteroatoms. The van der Waals surface area contributed by atoms with Crippen LogP contribution in [0.4, 0.5) is 4.79 Å². The van der Waals surface area contributed by atoms with Crippen molar-refractivity contribution in [2.75, 3.05) is 33.4 Å². The van der Waals surface area contributed by atoms with Crippen LogP contribution in [0.2, 0.25) is 0 Å². The van der Waals surface area contributed by atoms with Crippen molar-refractivity contribution in [3.63, 3.8) is 0 Å². The smallest absolute Gasteiger partial charge is 0.409 e. The zero-order valence-electron chi connectivity index (χ0n) is 17.1. The van der Waals surface area contributed by atoms with E-state index in [0.29, 0.717) is 38.9 Å². The molecule has 1 saturated heterocycles. The zero-order valence-corrected chi connectivity index (χ0v) is 19.4. The molecular formula is C20H33IN4O3. The largest absolute Gasteiger partial charge is 0.450 e. The first-order valence-electron chi connectivity index (χ1n) is 9.70. The summed E-state index contributed by atoms with van der Waals surface area (Å²) in [5.74, 6) is 0.805. The lowest BCUT2D eigenvalue weighted by atomic mass is 10.1. The van der Waals surface area contributed by atoms with E-state index in [1.807, 2.05) is 19.1 Å². The van der Waals surface area contributed by atoms with Crippen molar-refractivity contribution < 1.29 is 14.3 Å². The molecule has 1 heterocycles. The highest BCUT2D eigenvalue weighted by Gasteiger charge is 2.24. The van der Waals surface area contributed by atoms with Crippen molar-refractivity contribution >= 4 is 36.0 Å². The Hall–Kier alpha value is -1.55. The highest BCUT2D eigenvalue weighted by molar-refractivity contribution is 14.0. The molecule has 0 aliphatic carbocycles. The number of methoxy groups -OCH3 is 1. The lowest BCUT2D eigenvalue weighted by molar-refractivity contribution is 0.0963. The average Bonchev–Trinajstić information content (AvgIpc) is 2.68. The van der Waals surface area contributed by atoms with Crippen LogP contribution in [0.25, 0.3) is 0 Å². The monoisotopic (exact) mass is 504 g/mol. The van der Waals surface area contributed by atoms with Crippen LogP contribution in [0.1, 0.15) is 37.8 Å². The van der Waals surface area contributed by atoms with Gasteiger partial charge in [0.1, 0.15) is 0 Å². The number of halogens is 1. The summed E-state index contributed by atoms with van der Waals surface area (Å²) in [6, 6.07) is 8.49.